The fourth-order valence-corrected chi connectivity index (χ4v) is 2.07. The lowest BCUT2D eigenvalue weighted by atomic mass is 9.83. The van der Waals surface area contributed by atoms with Gasteiger partial charge >= 0.3 is 0 Å². The van der Waals surface area contributed by atoms with Crippen LogP contribution in [-0.4, -0.2) is 18.6 Å². The van der Waals surface area contributed by atoms with Crippen molar-refractivity contribution in [3.05, 3.63) is 0 Å². The first kappa shape index (κ1) is 11.5. The predicted octanol–water partition coefficient (Wildman–Crippen LogP) is 0.962. The summed E-state index contributed by atoms with van der Waals surface area (Å²) in [4.78, 5) is 15.5. The first-order valence-electron chi connectivity index (χ1n) is 5.39. The minimum atomic E-state index is -0.429. The Morgan fingerprint density at radius 2 is 2.21 bits per heavy atom. The zero-order valence-electron chi connectivity index (χ0n) is 8.79. The maximum atomic E-state index is 10.4. The van der Waals surface area contributed by atoms with Gasteiger partial charge in [0.2, 0.25) is 5.91 Å². The SMILES string of the molecule is CCC1CCCCC1NOCC(N)=O. The number of primary amides is 1. The minimum Gasteiger partial charge on any atom is -0.368 e. The highest BCUT2D eigenvalue weighted by atomic mass is 16.6. The molecule has 0 heterocycles. The zero-order valence-corrected chi connectivity index (χ0v) is 8.79. The van der Waals surface area contributed by atoms with E-state index in [0.29, 0.717) is 12.0 Å². The summed E-state index contributed by atoms with van der Waals surface area (Å²) >= 11 is 0. The maximum Gasteiger partial charge on any atom is 0.245 e. The quantitative estimate of drug-likeness (QED) is 0.650. The van der Waals surface area contributed by atoms with Crippen LogP contribution in [0.4, 0.5) is 0 Å². The first-order chi connectivity index (χ1) is 6.74. The summed E-state index contributed by atoms with van der Waals surface area (Å²) in [6.45, 7) is 2.16. The molecule has 0 aliphatic heterocycles. The van der Waals surface area contributed by atoms with E-state index in [-0.39, 0.29) is 6.61 Å². The lowest BCUT2D eigenvalue weighted by Crippen LogP contribution is -2.39. The van der Waals surface area contributed by atoms with Crippen LogP contribution >= 0.6 is 0 Å². The van der Waals surface area contributed by atoms with Crippen LogP contribution in [0.15, 0.2) is 0 Å². The van der Waals surface area contributed by atoms with Gasteiger partial charge in [-0.25, -0.2) is 0 Å². The molecule has 1 rings (SSSR count). The molecule has 1 fully saturated rings. The van der Waals surface area contributed by atoms with E-state index >= 15 is 0 Å². The third kappa shape index (κ3) is 3.64. The molecule has 0 aromatic heterocycles. The Morgan fingerprint density at radius 3 is 2.86 bits per heavy atom. The van der Waals surface area contributed by atoms with Crippen LogP contribution in [0.2, 0.25) is 0 Å². The summed E-state index contributed by atoms with van der Waals surface area (Å²) in [5.74, 6) is 0.248. The molecule has 1 aliphatic carbocycles. The summed E-state index contributed by atoms with van der Waals surface area (Å²) in [7, 11) is 0. The highest BCUT2D eigenvalue weighted by Gasteiger charge is 2.23. The van der Waals surface area contributed by atoms with Gasteiger partial charge in [0.15, 0.2) is 0 Å². The number of amides is 1. The van der Waals surface area contributed by atoms with Crippen LogP contribution in [0.25, 0.3) is 0 Å². The topological polar surface area (TPSA) is 64.3 Å². The van der Waals surface area contributed by atoms with Crippen molar-refractivity contribution >= 4 is 5.91 Å². The number of hydrogen-bond acceptors (Lipinski definition) is 3. The molecule has 0 aromatic rings. The largest absolute Gasteiger partial charge is 0.368 e. The summed E-state index contributed by atoms with van der Waals surface area (Å²) in [5, 5.41) is 0. The standard InChI is InChI=1S/C10H20N2O2/c1-2-8-5-3-4-6-9(8)12-14-7-10(11)13/h8-9,12H,2-7H2,1H3,(H2,11,13). The second kappa shape index (κ2) is 5.98. The number of hydrogen-bond donors (Lipinski definition) is 2. The van der Waals surface area contributed by atoms with Gasteiger partial charge < -0.3 is 5.73 Å². The van der Waals surface area contributed by atoms with E-state index in [2.05, 4.69) is 12.4 Å². The Morgan fingerprint density at radius 1 is 1.50 bits per heavy atom. The van der Waals surface area contributed by atoms with Gasteiger partial charge in [-0.2, -0.15) is 5.48 Å². The molecule has 4 heteroatoms. The normalized spacial score (nSPS) is 27.5. The van der Waals surface area contributed by atoms with Crippen LogP contribution in [-0.2, 0) is 9.63 Å². The van der Waals surface area contributed by atoms with Crippen molar-refractivity contribution in [1.82, 2.24) is 5.48 Å². The number of carbonyl (C=O) groups excluding carboxylic acids is 1. The molecule has 2 unspecified atom stereocenters. The van der Waals surface area contributed by atoms with Crippen LogP contribution in [0.5, 0.6) is 0 Å². The van der Waals surface area contributed by atoms with Crippen molar-refractivity contribution in [3.8, 4) is 0 Å². The lowest BCUT2D eigenvalue weighted by molar-refractivity contribution is -0.126. The molecule has 0 aromatic carbocycles. The second-order valence-electron chi connectivity index (χ2n) is 3.93. The average molecular weight is 200 g/mol. The molecular weight excluding hydrogens is 180 g/mol. The van der Waals surface area contributed by atoms with Crippen LogP contribution < -0.4 is 11.2 Å². The van der Waals surface area contributed by atoms with Gasteiger partial charge in [-0.05, 0) is 18.8 Å². The fourth-order valence-electron chi connectivity index (χ4n) is 2.07. The van der Waals surface area contributed by atoms with Crippen molar-refractivity contribution in [1.29, 1.82) is 0 Å². The van der Waals surface area contributed by atoms with Gasteiger partial charge in [-0.15, -0.1) is 0 Å². The number of rotatable bonds is 5. The molecule has 1 aliphatic rings. The van der Waals surface area contributed by atoms with Crippen LogP contribution in [0.3, 0.4) is 0 Å². The molecule has 3 N–H and O–H groups in total. The van der Waals surface area contributed by atoms with E-state index < -0.39 is 5.91 Å². The van der Waals surface area contributed by atoms with Gasteiger partial charge in [0.05, 0.1) is 0 Å². The third-order valence-corrected chi connectivity index (χ3v) is 2.88. The van der Waals surface area contributed by atoms with Crippen molar-refractivity contribution in [2.75, 3.05) is 6.61 Å². The molecule has 1 amide bonds. The van der Waals surface area contributed by atoms with Crippen LogP contribution in [0, 0.1) is 5.92 Å². The fraction of sp³-hybridized carbons (Fsp3) is 0.900. The molecular formula is C10H20N2O2. The van der Waals surface area contributed by atoms with E-state index in [9.17, 15) is 4.79 Å². The summed E-state index contributed by atoms with van der Waals surface area (Å²) in [6.07, 6.45) is 6.11. The number of nitrogens with two attached hydrogens (primary N) is 1. The number of carbonyl (C=O) groups is 1. The minimum absolute atomic E-state index is 0.0348. The number of hydroxylamine groups is 1. The molecule has 0 radical (unpaired) electrons. The first-order valence-corrected chi connectivity index (χ1v) is 5.39. The van der Waals surface area contributed by atoms with Gasteiger partial charge in [0.1, 0.15) is 6.61 Å². The van der Waals surface area contributed by atoms with Crippen molar-refractivity contribution < 1.29 is 9.63 Å². The van der Waals surface area contributed by atoms with Crippen molar-refractivity contribution in [2.24, 2.45) is 11.7 Å². The monoisotopic (exact) mass is 200 g/mol. The molecule has 14 heavy (non-hydrogen) atoms. The maximum absolute atomic E-state index is 10.4. The Bertz CT molecular complexity index is 185. The molecule has 0 spiro atoms. The van der Waals surface area contributed by atoms with Crippen molar-refractivity contribution in [2.45, 2.75) is 45.1 Å². The molecule has 0 bridgehead atoms. The molecule has 0 saturated heterocycles. The molecule has 2 atom stereocenters. The number of nitrogens with one attached hydrogen (secondary N) is 1. The molecule has 1 saturated carbocycles. The summed E-state index contributed by atoms with van der Waals surface area (Å²) < 4.78 is 0. The average Bonchev–Trinajstić information content (AvgIpc) is 2.18. The van der Waals surface area contributed by atoms with Gasteiger partial charge in [-0.1, -0.05) is 26.2 Å². The summed E-state index contributed by atoms with van der Waals surface area (Å²) in [6, 6.07) is 0.396. The Kier molecular flexibility index (Phi) is 4.90. The van der Waals surface area contributed by atoms with E-state index in [1.165, 1.54) is 19.3 Å². The Balaban J connectivity index is 2.22. The smallest absolute Gasteiger partial charge is 0.245 e. The van der Waals surface area contributed by atoms with E-state index in [1.807, 2.05) is 0 Å². The Labute approximate surface area is 85.1 Å². The van der Waals surface area contributed by atoms with Crippen molar-refractivity contribution in [3.63, 3.8) is 0 Å². The summed E-state index contributed by atoms with van der Waals surface area (Å²) in [5.41, 5.74) is 7.92. The van der Waals surface area contributed by atoms with Crippen LogP contribution in [0.1, 0.15) is 39.0 Å². The zero-order chi connectivity index (χ0) is 10.4. The van der Waals surface area contributed by atoms with E-state index in [0.717, 1.165) is 12.8 Å². The molecule has 82 valence electrons. The lowest BCUT2D eigenvalue weighted by Gasteiger charge is -2.30. The third-order valence-electron chi connectivity index (χ3n) is 2.88. The predicted molar refractivity (Wildman–Crippen MR) is 54.3 cm³/mol. The van der Waals surface area contributed by atoms with Gasteiger partial charge in [0.25, 0.3) is 0 Å². The highest BCUT2D eigenvalue weighted by Crippen LogP contribution is 2.26. The molecule has 4 nitrogen and oxygen atoms in total. The Hall–Kier alpha value is -0.610. The van der Waals surface area contributed by atoms with E-state index in [4.69, 9.17) is 10.6 Å². The second-order valence-corrected chi connectivity index (χ2v) is 3.93. The highest BCUT2D eigenvalue weighted by molar-refractivity contribution is 5.74. The van der Waals surface area contributed by atoms with E-state index in [1.54, 1.807) is 0 Å². The van der Waals surface area contributed by atoms with Gasteiger partial charge in [-0.3, -0.25) is 9.63 Å². The van der Waals surface area contributed by atoms with Gasteiger partial charge in [0, 0.05) is 6.04 Å².